The highest BCUT2D eigenvalue weighted by Gasteiger charge is 2.30. The Labute approximate surface area is 243 Å². The van der Waals surface area contributed by atoms with Crippen LogP contribution < -0.4 is 5.32 Å². The molecule has 1 aliphatic rings. The van der Waals surface area contributed by atoms with E-state index in [-0.39, 0.29) is 11.8 Å². The summed E-state index contributed by atoms with van der Waals surface area (Å²) in [5, 5.41) is 3.95. The van der Waals surface area contributed by atoms with E-state index in [1.54, 1.807) is 13.0 Å². The van der Waals surface area contributed by atoms with E-state index in [9.17, 15) is 9.18 Å². The number of anilines is 1. The predicted octanol–water partition coefficient (Wildman–Crippen LogP) is 7.45. The van der Waals surface area contributed by atoms with Crippen LogP contribution in [0.15, 0.2) is 60.7 Å². The lowest BCUT2D eigenvalue weighted by molar-refractivity contribution is -0.143. The van der Waals surface area contributed by atoms with Gasteiger partial charge in [-0.2, -0.15) is 0 Å². The van der Waals surface area contributed by atoms with E-state index >= 15 is 0 Å². The van der Waals surface area contributed by atoms with Crippen molar-refractivity contribution in [2.24, 2.45) is 0 Å². The van der Waals surface area contributed by atoms with Gasteiger partial charge in [0.2, 0.25) is 0 Å². The Kier molecular flexibility index (Phi) is 10.6. The number of allylic oxidation sites excluding steroid dienone is 4. The van der Waals surface area contributed by atoms with Crippen molar-refractivity contribution >= 4 is 28.3 Å². The van der Waals surface area contributed by atoms with Crippen LogP contribution in [0, 0.1) is 5.82 Å². The maximum atomic E-state index is 14.2. The molecule has 4 rings (SSSR count). The maximum absolute atomic E-state index is 14.2. The summed E-state index contributed by atoms with van der Waals surface area (Å²) in [7, 11) is 0. The molecule has 0 spiro atoms. The standard InChI is InChI=1S/C34H43FN4O2/c1-5-21-39(22-6-2)24-26-11-8-9-12-28(26)25-16-18-34(4,19-17-25)33-37-30-15-14-27(35)23-29(30)32(38-33)36-20-10-13-31(40)41-7-3/h8-9,11-12,14-18,23H,5-7,10,13,19-22,24H2,1-4H3,(H,36,37,38). The second-order valence-electron chi connectivity index (χ2n) is 10.9. The zero-order chi connectivity index (χ0) is 29.2. The monoisotopic (exact) mass is 558 g/mol. The highest BCUT2D eigenvalue weighted by atomic mass is 19.1. The molecule has 0 saturated heterocycles. The van der Waals surface area contributed by atoms with Crippen LogP contribution in [0.5, 0.6) is 0 Å². The number of carbonyl (C=O) groups is 1. The molecule has 1 heterocycles. The smallest absolute Gasteiger partial charge is 0.305 e. The lowest BCUT2D eigenvalue weighted by Gasteiger charge is -2.28. The number of rotatable bonds is 14. The van der Waals surface area contributed by atoms with E-state index < -0.39 is 5.41 Å². The van der Waals surface area contributed by atoms with Crippen LogP contribution in [-0.2, 0) is 21.5 Å². The van der Waals surface area contributed by atoms with Gasteiger partial charge in [-0.05, 0) is 87.5 Å². The summed E-state index contributed by atoms with van der Waals surface area (Å²) in [5.74, 6) is 0.701. The number of hydrogen-bond acceptors (Lipinski definition) is 6. The SMILES string of the molecule is CCCN(CCC)Cc1ccccc1C1=CCC(C)(c2nc(NCCCC(=O)OCC)c3cc(F)ccc3n2)C=C1. The predicted molar refractivity (Wildman–Crippen MR) is 165 cm³/mol. The topological polar surface area (TPSA) is 67.4 Å². The molecule has 7 heteroatoms. The molecular formula is C34H43FN4O2. The van der Waals surface area contributed by atoms with Gasteiger partial charge in [0.05, 0.1) is 12.1 Å². The Balaban J connectivity index is 1.56. The van der Waals surface area contributed by atoms with Gasteiger partial charge in [-0.3, -0.25) is 9.69 Å². The van der Waals surface area contributed by atoms with Crippen molar-refractivity contribution in [1.82, 2.24) is 14.9 Å². The van der Waals surface area contributed by atoms with Crippen molar-refractivity contribution in [1.29, 1.82) is 0 Å². The molecule has 0 radical (unpaired) electrons. The van der Waals surface area contributed by atoms with E-state index in [0.717, 1.165) is 38.9 Å². The summed E-state index contributed by atoms with van der Waals surface area (Å²) < 4.78 is 19.2. The van der Waals surface area contributed by atoms with Crippen LogP contribution in [0.3, 0.4) is 0 Å². The molecule has 3 aromatic rings. The summed E-state index contributed by atoms with van der Waals surface area (Å²) in [4.78, 5) is 24.0. The Bertz CT molecular complexity index is 1400. The van der Waals surface area contributed by atoms with Gasteiger partial charge in [-0.1, -0.05) is 56.3 Å². The number of nitrogens with one attached hydrogen (secondary N) is 1. The van der Waals surface area contributed by atoms with E-state index in [1.807, 2.05) is 0 Å². The van der Waals surface area contributed by atoms with Gasteiger partial charge in [-0.15, -0.1) is 0 Å². The third kappa shape index (κ3) is 7.79. The number of aromatic nitrogens is 2. The lowest BCUT2D eigenvalue weighted by Crippen LogP contribution is -2.26. The molecule has 0 fully saturated rings. The van der Waals surface area contributed by atoms with Crippen molar-refractivity contribution < 1.29 is 13.9 Å². The molecule has 6 nitrogen and oxygen atoms in total. The second-order valence-corrected chi connectivity index (χ2v) is 10.9. The fourth-order valence-corrected chi connectivity index (χ4v) is 5.34. The first-order valence-corrected chi connectivity index (χ1v) is 14.9. The Hall–Kier alpha value is -3.58. The zero-order valence-electron chi connectivity index (χ0n) is 24.9. The number of ether oxygens (including phenoxy) is 1. The number of nitrogens with zero attached hydrogens (tertiary/aromatic N) is 3. The van der Waals surface area contributed by atoms with E-state index in [1.165, 1.54) is 28.8 Å². The second kappa shape index (κ2) is 14.4. The molecule has 1 aliphatic carbocycles. The summed E-state index contributed by atoms with van der Waals surface area (Å²) in [6.45, 7) is 12.4. The average molecular weight is 559 g/mol. The molecule has 1 aromatic heterocycles. The van der Waals surface area contributed by atoms with Crippen LogP contribution in [0.2, 0.25) is 0 Å². The molecule has 0 bridgehead atoms. The number of benzene rings is 2. The minimum Gasteiger partial charge on any atom is -0.466 e. The van der Waals surface area contributed by atoms with Gasteiger partial charge >= 0.3 is 5.97 Å². The summed E-state index contributed by atoms with van der Waals surface area (Å²) >= 11 is 0. The molecule has 1 atom stereocenters. The van der Waals surface area contributed by atoms with Gasteiger partial charge in [0.25, 0.3) is 0 Å². The van der Waals surface area contributed by atoms with Crippen LogP contribution in [0.25, 0.3) is 16.5 Å². The molecule has 1 unspecified atom stereocenters. The minimum absolute atomic E-state index is 0.221. The maximum Gasteiger partial charge on any atom is 0.305 e. The van der Waals surface area contributed by atoms with Crippen LogP contribution in [0.1, 0.15) is 76.8 Å². The third-order valence-corrected chi connectivity index (χ3v) is 7.50. The van der Waals surface area contributed by atoms with Crippen molar-refractivity contribution in [3.05, 3.63) is 83.5 Å². The Morgan fingerprint density at radius 3 is 2.59 bits per heavy atom. The fraction of sp³-hybridized carbons (Fsp3) is 0.441. The lowest BCUT2D eigenvalue weighted by atomic mass is 9.79. The third-order valence-electron chi connectivity index (χ3n) is 7.50. The zero-order valence-corrected chi connectivity index (χ0v) is 24.9. The van der Waals surface area contributed by atoms with E-state index in [4.69, 9.17) is 14.7 Å². The van der Waals surface area contributed by atoms with Crippen molar-refractivity contribution in [2.45, 2.75) is 71.8 Å². The van der Waals surface area contributed by atoms with Crippen LogP contribution in [-0.4, -0.2) is 47.1 Å². The van der Waals surface area contributed by atoms with Crippen LogP contribution >= 0.6 is 0 Å². The summed E-state index contributed by atoms with van der Waals surface area (Å²) in [6.07, 6.45) is 10.6. The fourth-order valence-electron chi connectivity index (χ4n) is 5.34. The number of fused-ring (bicyclic) bond motifs is 1. The molecule has 1 N–H and O–H groups in total. The highest BCUT2D eigenvalue weighted by Crippen LogP contribution is 2.37. The van der Waals surface area contributed by atoms with Crippen molar-refractivity contribution in [3.8, 4) is 0 Å². The van der Waals surface area contributed by atoms with Gasteiger partial charge in [0.15, 0.2) is 0 Å². The molecule has 0 aliphatic heterocycles. The van der Waals surface area contributed by atoms with Crippen molar-refractivity contribution in [3.63, 3.8) is 0 Å². The Morgan fingerprint density at radius 2 is 1.88 bits per heavy atom. The molecule has 0 saturated carbocycles. The molecular weight excluding hydrogens is 515 g/mol. The van der Waals surface area contributed by atoms with Crippen LogP contribution in [0.4, 0.5) is 10.2 Å². The van der Waals surface area contributed by atoms with E-state index in [2.05, 4.69) is 73.5 Å². The number of carbonyl (C=O) groups excluding carboxylic acids is 1. The highest BCUT2D eigenvalue weighted by molar-refractivity contribution is 5.89. The normalized spacial score (nSPS) is 16.7. The number of halogens is 1. The van der Waals surface area contributed by atoms with Gasteiger partial charge in [0, 0.05) is 30.3 Å². The van der Waals surface area contributed by atoms with Crippen molar-refractivity contribution in [2.75, 3.05) is 31.6 Å². The quantitative estimate of drug-likeness (QED) is 0.164. The first-order chi connectivity index (χ1) is 19.9. The first-order valence-electron chi connectivity index (χ1n) is 14.9. The van der Waals surface area contributed by atoms with Gasteiger partial charge in [0.1, 0.15) is 17.5 Å². The summed E-state index contributed by atoms with van der Waals surface area (Å²) in [6, 6.07) is 13.3. The first kappa shape index (κ1) is 30.4. The number of hydrogen-bond donors (Lipinski definition) is 1. The number of esters is 1. The molecule has 41 heavy (non-hydrogen) atoms. The largest absolute Gasteiger partial charge is 0.466 e. The van der Waals surface area contributed by atoms with Gasteiger partial charge in [-0.25, -0.2) is 14.4 Å². The molecule has 2 aromatic carbocycles. The van der Waals surface area contributed by atoms with Gasteiger partial charge < -0.3 is 10.1 Å². The molecule has 218 valence electrons. The van der Waals surface area contributed by atoms with E-state index in [0.29, 0.717) is 48.5 Å². The summed E-state index contributed by atoms with van der Waals surface area (Å²) in [5.41, 5.74) is 4.09. The minimum atomic E-state index is -0.418. The molecule has 0 amide bonds. The Morgan fingerprint density at radius 1 is 1.10 bits per heavy atom. The average Bonchev–Trinajstić information content (AvgIpc) is 2.96.